The summed E-state index contributed by atoms with van der Waals surface area (Å²) in [5.74, 6) is -0.399. The van der Waals surface area contributed by atoms with Crippen molar-refractivity contribution in [2.75, 3.05) is 31.1 Å². The van der Waals surface area contributed by atoms with Gasteiger partial charge in [0.2, 0.25) is 0 Å². The largest absolute Gasteiger partial charge is 0.302 e. The first-order chi connectivity index (χ1) is 14.5. The molecule has 0 spiro atoms. The van der Waals surface area contributed by atoms with Crippen molar-refractivity contribution in [1.82, 2.24) is 9.88 Å². The second-order valence-corrected chi connectivity index (χ2v) is 7.92. The molecule has 0 aliphatic carbocycles. The number of anilines is 1. The number of amides is 1. The summed E-state index contributed by atoms with van der Waals surface area (Å²) in [7, 11) is 0. The van der Waals surface area contributed by atoms with Gasteiger partial charge in [0.25, 0.3) is 11.6 Å². The molecule has 1 heterocycles. The minimum absolute atomic E-state index is 0.0792. The van der Waals surface area contributed by atoms with Crippen molar-refractivity contribution in [3.63, 3.8) is 0 Å². The van der Waals surface area contributed by atoms with Crippen LogP contribution in [-0.4, -0.2) is 46.9 Å². The number of para-hydroxylation sites is 1. The third kappa shape index (κ3) is 4.66. The molecule has 0 aliphatic rings. The number of fused-ring (bicyclic) bond motifs is 1. The van der Waals surface area contributed by atoms with Crippen LogP contribution in [0.25, 0.3) is 10.2 Å². The molecule has 2 aromatic carbocycles. The molecule has 0 saturated heterocycles. The van der Waals surface area contributed by atoms with E-state index in [2.05, 4.69) is 36.7 Å². The molecule has 0 radical (unpaired) electrons. The highest BCUT2D eigenvalue weighted by atomic mass is 32.1. The van der Waals surface area contributed by atoms with E-state index >= 15 is 0 Å². The van der Waals surface area contributed by atoms with Crippen LogP contribution in [0.4, 0.5) is 10.8 Å². The number of benzene rings is 2. The fraction of sp³-hybridized carbons (Fsp3) is 0.364. The summed E-state index contributed by atoms with van der Waals surface area (Å²) in [6.07, 6.45) is 0.921. The Hall–Kier alpha value is -2.84. The predicted molar refractivity (Wildman–Crippen MR) is 122 cm³/mol. The lowest BCUT2D eigenvalue weighted by Crippen LogP contribution is -2.39. The van der Waals surface area contributed by atoms with Crippen molar-refractivity contribution < 1.29 is 9.72 Å². The van der Waals surface area contributed by atoms with Gasteiger partial charge in [-0.3, -0.25) is 19.8 Å². The van der Waals surface area contributed by atoms with E-state index in [1.165, 1.54) is 29.0 Å². The molecule has 0 aliphatic heterocycles. The van der Waals surface area contributed by atoms with Crippen LogP contribution in [0.1, 0.15) is 36.7 Å². The zero-order valence-electron chi connectivity index (χ0n) is 17.5. The number of carbonyl (C=O) groups excluding carboxylic acids is 1. The van der Waals surface area contributed by atoms with Gasteiger partial charge in [0.1, 0.15) is 5.56 Å². The van der Waals surface area contributed by atoms with Crippen molar-refractivity contribution >= 4 is 38.3 Å². The summed E-state index contributed by atoms with van der Waals surface area (Å²) < 4.78 is 1.01. The number of hydrogen-bond donors (Lipinski definition) is 0. The molecule has 1 amide bonds. The highest BCUT2D eigenvalue weighted by Crippen LogP contribution is 2.31. The van der Waals surface area contributed by atoms with Crippen LogP contribution in [0.2, 0.25) is 0 Å². The van der Waals surface area contributed by atoms with Crippen LogP contribution in [-0.2, 0) is 6.42 Å². The Morgan fingerprint density at radius 3 is 2.50 bits per heavy atom. The van der Waals surface area contributed by atoms with Gasteiger partial charge in [-0.1, -0.05) is 50.3 Å². The van der Waals surface area contributed by atoms with Gasteiger partial charge in [-0.2, -0.15) is 0 Å². The summed E-state index contributed by atoms with van der Waals surface area (Å²) in [5, 5.41) is 12.0. The van der Waals surface area contributed by atoms with Gasteiger partial charge in [0.15, 0.2) is 5.13 Å². The van der Waals surface area contributed by atoms with E-state index in [0.717, 1.165) is 29.7 Å². The molecule has 158 valence electrons. The van der Waals surface area contributed by atoms with Crippen molar-refractivity contribution in [3.8, 4) is 0 Å². The maximum atomic E-state index is 13.4. The van der Waals surface area contributed by atoms with Crippen LogP contribution in [0, 0.1) is 10.1 Å². The van der Waals surface area contributed by atoms with E-state index in [9.17, 15) is 14.9 Å². The minimum atomic E-state index is -0.512. The number of thiazole rings is 1. The van der Waals surface area contributed by atoms with E-state index in [-0.39, 0.29) is 11.3 Å². The Morgan fingerprint density at radius 2 is 1.83 bits per heavy atom. The van der Waals surface area contributed by atoms with E-state index in [1.54, 1.807) is 17.0 Å². The average Bonchev–Trinajstić information content (AvgIpc) is 3.19. The maximum Gasteiger partial charge on any atom is 0.282 e. The lowest BCUT2D eigenvalue weighted by atomic mass is 10.1. The van der Waals surface area contributed by atoms with Gasteiger partial charge in [-0.25, -0.2) is 4.98 Å². The van der Waals surface area contributed by atoms with Gasteiger partial charge in [0, 0.05) is 19.2 Å². The first-order valence-electron chi connectivity index (χ1n) is 10.2. The van der Waals surface area contributed by atoms with Gasteiger partial charge in [-0.15, -0.1) is 0 Å². The van der Waals surface area contributed by atoms with Crippen LogP contribution >= 0.6 is 11.3 Å². The Bertz CT molecular complexity index is 1050. The Labute approximate surface area is 180 Å². The zero-order valence-corrected chi connectivity index (χ0v) is 18.3. The van der Waals surface area contributed by atoms with Gasteiger partial charge in [-0.05, 0) is 43.3 Å². The van der Waals surface area contributed by atoms with Gasteiger partial charge in [0.05, 0.1) is 15.1 Å². The number of likely N-dealkylation sites (N-methyl/N-ethyl adjacent to an activating group) is 1. The van der Waals surface area contributed by atoms with Crippen molar-refractivity contribution in [2.45, 2.75) is 27.2 Å². The van der Waals surface area contributed by atoms with Crippen molar-refractivity contribution in [3.05, 3.63) is 63.7 Å². The zero-order chi connectivity index (χ0) is 21.7. The molecule has 0 bridgehead atoms. The van der Waals surface area contributed by atoms with E-state index in [1.807, 2.05) is 12.1 Å². The quantitative estimate of drug-likeness (QED) is 0.364. The average molecular weight is 427 g/mol. The summed E-state index contributed by atoms with van der Waals surface area (Å²) in [4.78, 5) is 32.9. The van der Waals surface area contributed by atoms with Crippen LogP contribution < -0.4 is 4.90 Å². The lowest BCUT2D eigenvalue weighted by Gasteiger charge is -2.24. The highest BCUT2D eigenvalue weighted by molar-refractivity contribution is 7.22. The second kappa shape index (κ2) is 9.77. The summed E-state index contributed by atoms with van der Waals surface area (Å²) in [6.45, 7) is 9.04. The molecular weight excluding hydrogens is 400 g/mol. The van der Waals surface area contributed by atoms with Gasteiger partial charge < -0.3 is 4.90 Å². The third-order valence-electron chi connectivity index (χ3n) is 5.19. The summed E-state index contributed by atoms with van der Waals surface area (Å²) in [5.41, 5.74) is 1.92. The minimum Gasteiger partial charge on any atom is -0.302 e. The summed E-state index contributed by atoms with van der Waals surface area (Å²) >= 11 is 1.44. The van der Waals surface area contributed by atoms with E-state index in [0.29, 0.717) is 18.2 Å². The fourth-order valence-electron chi connectivity index (χ4n) is 3.32. The third-order valence-corrected chi connectivity index (χ3v) is 6.23. The first-order valence-corrected chi connectivity index (χ1v) is 11.0. The normalized spacial score (nSPS) is 11.2. The first kappa shape index (κ1) is 21.9. The topological polar surface area (TPSA) is 79.6 Å². The molecule has 0 fully saturated rings. The Morgan fingerprint density at radius 1 is 1.10 bits per heavy atom. The number of hydrogen-bond acceptors (Lipinski definition) is 6. The SMILES string of the molecule is CCc1ccc2nc(N(CCN(CC)CC)C(=O)c3ccccc3[N+](=O)[O-])sc2c1. The molecule has 0 N–H and O–H groups in total. The molecule has 3 aromatic rings. The number of aromatic nitrogens is 1. The number of aryl methyl sites for hydroxylation is 1. The van der Waals surface area contributed by atoms with Crippen LogP contribution in [0.15, 0.2) is 42.5 Å². The number of rotatable bonds is 9. The number of carbonyl (C=O) groups is 1. The smallest absolute Gasteiger partial charge is 0.282 e. The number of nitro groups is 1. The van der Waals surface area contributed by atoms with E-state index in [4.69, 9.17) is 0 Å². The molecule has 1 aromatic heterocycles. The standard InChI is InChI=1S/C22H26N4O3S/c1-4-16-11-12-18-20(15-16)30-22(23-18)25(14-13-24(5-2)6-3)21(27)17-9-7-8-10-19(17)26(28)29/h7-12,15H,4-6,13-14H2,1-3H3. The van der Waals surface area contributed by atoms with Crippen molar-refractivity contribution in [1.29, 1.82) is 0 Å². The molecule has 8 heteroatoms. The Kier molecular flexibility index (Phi) is 7.12. The molecule has 0 unspecified atom stereocenters. The molecule has 30 heavy (non-hydrogen) atoms. The number of nitrogens with zero attached hydrogens (tertiary/aromatic N) is 4. The molecular formula is C22H26N4O3S. The van der Waals surface area contributed by atoms with Gasteiger partial charge >= 0.3 is 0 Å². The van der Waals surface area contributed by atoms with Crippen LogP contribution in [0.5, 0.6) is 0 Å². The lowest BCUT2D eigenvalue weighted by molar-refractivity contribution is -0.385. The molecule has 0 saturated carbocycles. The van der Waals surface area contributed by atoms with E-state index < -0.39 is 10.8 Å². The molecule has 0 atom stereocenters. The second-order valence-electron chi connectivity index (χ2n) is 6.91. The fourth-order valence-corrected chi connectivity index (χ4v) is 4.37. The van der Waals surface area contributed by atoms with Crippen molar-refractivity contribution in [2.24, 2.45) is 0 Å². The molecule has 3 rings (SSSR count). The maximum absolute atomic E-state index is 13.4. The Balaban J connectivity index is 2.02. The summed E-state index contributed by atoms with van der Waals surface area (Å²) in [6, 6.07) is 12.2. The molecule has 7 nitrogen and oxygen atoms in total. The monoisotopic (exact) mass is 426 g/mol. The number of nitro benzene ring substituents is 1. The highest BCUT2D eigenvalue weighted by Gasteiger charge is 2.27. The van der Waals surface area contributed by atoms with Crippen LogP contribution in [0.3, 0.4) is 0 Å². The predicted octanol–water partition coefficient (Wildman–Crippen LogP) is 4.76.